The van der Waals surface area contributed by atoms with Gasteiger partial charge in [0.1, 0.15) is 0 Å². The van der Waals surface area contributed by atoms with Crippen LogP contribution in [0.4, 0.5) is 34.1 Å². The molecule has 67 heavy (non-hydrogen) atoms. The van der Waals surface area contributed by atoms with E-state index in [-0.39, 0.29) is 17.5 Å². The molecule has 2 aliphatic heterocycles. The van der Waals surface area contributed by atoms with E-state index in [1.54, 1.807) is 0 Å². The first kappa shape index (κ1) is 40.4. The molecule has 0 saturated carbocycles. The van der Waals surface area contributed by atoms with E-state index in [2.05, 4.69) is 239 Å². The van der Waals surface area contributed by atoms with E-state index in [4.69, 9.17) is 0 Å². The molecule has 9 aromatic carbocycles. The molecule has 2 aromatic heterocycles. The molecular weight excluding hydrogens is 848 g/mol. The Morgan fingerprint density at radius 1 is 0.373 bits per heavy atom. The number of benzene rings is 9. The predicted molar refractivity (Wildman–Crippen MR) is 295 cm³/mol. The minimum absolute atomic E-state index is 0.0207. The van der Waals surface area contributed by atoms with E-state index in [0.29, 0.717) is 0 Å². The van der Waals surface area contributed by atoms with Gasteiger partial charge < -0.3 is 9.80 Å². The van der Waals surface area contributed by atoms with Crippen LogP contribution in [0.15, 0.2) is 188 Å². The quantitative estimate of drug-likeness (QED) is 0.162. The summed E-state index contributed by atoms with van der Waals surface area (Å²) < 4.78 is 5.34. The fraction of sp³-hybridized carbons (Fsp3) is 0.129. The van der Waals surface area contributed by atoms with Crippen LogP contribution in [0, 0.1) is 0 Å². The van der Waals surface area contributed by atoms with E-state index in [1.807, 2.05) is 22.7 Å². The van der Waals surface area contributed by atoms with Gasteiger partial charge in [-0.15, -0.1) is 22.7 Å². The van der Waals surface area contributed by atoms with Crippen molar-refractivity contribution in [3.8, 4) is 22.3 Å². The standard InChI is InChI=1S/C62H49BN2S2/c1-61(2,3)40-28-34-50-54(36-40)64(42-30-24-38(25-31-42)44-16-11-18-48-46-14-7-9-22-56(46)66-59(44)48)52-20-13-21-53-58(52)63(50)51-35-29-41(62(4,5)6)37-55(51)65(53)43-32-26-39(27-33-43)45-17-12-19-49-47-15-8-10-23-57(47)67-60(45)49/h7-37H,1-6H3. The summed E-state index contributed by atoms with van der Waals surface area (Å²) in [6.07, 6.45) is 0. The Hall–Kier alpha value is -6.92. The molecule has 0 amide bonds. The van der Waals surface area contributed by atoms with Crippen molar-refractivity contribution in [2.24, 2.45) is 0 Å². The summed E-state index contributed by atoms with van der Waals surface area (Å²) in [6.45, 7) is 14.0. The summed E-state index contributed by atoms with van der Waals surface area (Å²) in [7, 11) is 0. The molecule has 5 heteroatoms. The lowest BCUT2D eigenvalue weighted by molar-refractivity contribution is 0.590. The zero-order valence-electron chi connectivity index (χ0n) is 38.7. The van der Waals surface area contributed by atoms with Crippen LogP contribution >= 0.6 is 22.7 Å². The van der Waals surface area contributed by atoms with E-state index in [1.165, 1.54) is 113 Å². The first-order chi connectivity index (χ1) is 32.5. The molecule has 11 aromatic rings. The average Bonchev–Trinajstić information content (AvgIpc) is 3.92. The Balaban J connectivity index is 0.987. The fourth-order valence-electron chi connectivity index (χ4n) is 10.9. The second-order valence-corrected chi connectivity index (χ2v) is 22.6. The van der Waals surface area contributed by atoms with E-state index in [9.17, 15) is 0 Å². The van der Waals surface area contributed by atoms with Crippen molar-refractivity contribution in [3.05, 3.63) is 199 Å². The van der Waals surface area contributed by atoms with Gasteiger partial charge >= 0.3 is 0 Å². The maximum absolute atomic E-state index is 2.55. The molecule has 2 nitrogen and oxygen atoms in total. The number of hydrogen-bond donors (Lipinski definition) is 0. The van der Waals surface area contributed by atoms with Crippen molar-refractivity contribution in [1.82, 2.24) is 0 Å². The van der Waals surface area contributed by atoms with Gasteiger partial charge in [0.05, 0.1) is 0 Å². The maximum Gasteiger partial charge on any atom is 0.252 e. The topological polar surface area (TPSA) is 6.48 Å². The van der Waals surface area contributed by atoms with Crippen LogP contribution in [0.1, 0.15) is 52.7 Å². The van der Waals surface area contributed by atoms with Gasteiger partial charge in [0.2, 0.25) is 0 Å². The van der Waals surface area contributed by atoms with Gasteiger partial charge in [-0.05, 0) is 121 Å². The highest BCUT2D eigenvalue weighted by molar-refractivity contribution is 7.26. The van der Waals surface area contributed by atoms with Crippen LogP contribution in [0.5, 0.6) is 0 Å². The Morgan fingerprint density at radius 2 is 0.776 bits per heavy atom. The highest BCUT2D eigenvalue weighted by Crippen LogP contribution is 2.47. The summed E-state index contributed by atoms with van der Waals surface area (Å²) in [5.74, 6) is 0. The minimum Gasteiger partial charge on any atom is -0.311 e. The molecule has 2 aliphatic rings. The smallest absolute Gasteiger partial charge is 0.252 e. The fourth-order valence-corrected chi connectivity index (χ4v) is 13.4. The Kier molecular flexibility index (Phi) is 8.91. The zero-order chi connectivity index (χ0) is 45.3. The second-order valence-electron chi connectivity index (χ2n) is 20.5. The van der Waals surface area contributed by atoms with Crippen LogP contribution in [0.3, 0.4) is 0 Å². The molecule has 13 rings (SSSR count). The lowest BCUT2D eigenvalue weighted by Crippen LogP contribution is -2.61. The van der Waals surface area contributed by atoms with E-state index in [0.717, 1.165) is 11.4 Å². The molecule has 322 valence electrons. The molecule has 0 aliphatic carbocycles. The summed E-state index contributed by atoms with van der Waals surface area (Å²) in [6, 6.07) is 71.4. The number of thiophene rings is 2. The van der Waals surface area contributed by atoms with Crippen LogP contribution in [0.2, 0.25) is 0 Å². The van der Waals surface area contributed by atoms with Crippen LogP contribution in [-0.4, -0.2) is 6.71 Å². The summed E-state index contributed by atoms with van der Waals surface area (Å²) in [4.78, 5) is 5.09. The molecule has 4 heterocycles. The number of anilines is 6. The summed E-state index contributed by atoms with van der Waals surface area (Å²) >= 11 is 3.78. The van der Waals surface area contributed by atoms with Crippen molar-refractivity contribution in [2.75, 3.05) is 9.80 Å². The van der Waals surface area contributed by atoms with Gasteiger partial charge in [0.15, 0.2) is 0 Å². The predicted octanol–water partition coefficient (Wildman–Crippen LogP) is 16.4. The summed E-state index contributed by atoms with van der Waals surface area (Å²) in [5, 5.41) is 5.31. The maximum atomic E-state index is 2.55. The zero-order valence-corrected chi connectivity index (χ0v) is 40.3. The Labute approximate surface area is 401 Å². The molecule has 0 saturated heterocycles. The van der Waals surface area contributed by atoms with Crippen molar-refractivity contribution < 1.29 is 0 Å². The Morgan fingerprint density at radius 3 is 1.21 bits per heavy atom. The van der Waals surface area contributed by atoms with Crippen LogP contribution in [0.25, 0.3) is 62.6 Å². The minimum atomic E-state index is -0.0207. The third-order valence-corrected chi connectivity index (χ3v) is 16.8. The third kappa shape index (κ3) is 6.28. The van der Waals surface area contributed by atoms with Gasteiger partial charge in [0, 0.05) is 74.5 Å². The van der Waals surface area contributed by atoms with E-state index >= 15 is 0 Å². The lowest BCUT2D eigenvalue weighted by atomic mass is 9.33. The number of hydrogen-bond acceptors (Lipinski definition) is 4. The molecule has 0 fully saturated rings. The first-order valence-corrected chi connectivity index (χ1v) is 25.2. The van der Waals surface area contributed by atoms with Crippen LogP contribution in [-0.2, 0) is 10.8 Å². The average molecular weight is 897 g/mol. The van der Waals surface area contributed by atoms with E-state index < -0.39 is 0 Å². The molecule has 0 radical (unpaired) electrons. The number of fused-ring (bicyclic) bond motifs is 10. The second kappa shape index (κ2) is 14.8. The first-order valence-electron chi connectivity index (χ1n) is 23.5. The largest absolute Gasteiger partial charge is 0.311 e. The highest BCUT2D eigenvalue weighted by Gasteiger charge is 2.44. The normalized spacial score (nSPS) is 13.4. The highest BCUT2D eigenvalue weighted by atomic mass is 32.1. The lowest BCUT2D eigenvalue weighted by Gasteiger charge is -2.44. The molecule has 0 spiro atoms. The molecular formula is C62H49BN2S2. The summed E-state index contributed by atoms with van der Waals surface area (Å²) in [5.41, 5.74) is 18.9. The molecule has 0 atom stereocenters. The van der Waals surface area contributed by atoms with Crippen molar-refractivity contribution in [1.29, 1.82) is 0 Å². The van der Waals surface area contributed by atoms with Crippen molar-refractivity contribution >= 4 is 120 Å². The van der Waals surface area contributed by atoms with Gasteiger partial charge in [-0.3, -0.25) is 0 Å². The van der Waals surface area contributed by atoms with Gasteiger partial charge in [-0.25, -0.2) is 0 Å². The molecule has 0 N–H and O–H groups in total. The van der Waals surface area contributed by atoms with Crippen molar-refractivity contribution in [3.63, 3.8) is 0 Å². The Bertz CT molecular complexity index is 3540. The van der Waals surface area contributed by atoms with Gasteiger partial charge in [-0.1, -0.05) is 169 Å². The van der Waals surface area contributed by atoms with Gasteiger partial charge in [-0.2, -0.15) is 0 Å². The van der Waals surface area contributed by atoms with Gasteiger partial charge in [0.25, 0.3) is 6.71 Å². The van der Waals surface area contributed by atoms with Crippen molar-refractivity contribution in [2.45, 2.75) is 52.4 Å². The molecule has 0 bridgehead atoms. The van der Waals surface area contributed by atoms with Crippen LogP contribution < -0.4 is 26.2 Å². The number of nitrogens with zero attached hydrogens (tertiary/aromatic N) is 2. The number of rotatable bonds is 4. The SMILES string of the molecule is CC(C)(C)c1ccc2c(c1)N(c1ccc(-c3cccc4c3sc3ccccc34)cc1)c1cccc3c1B2c1ccc(C(C)(C)C)cc1N3c1ccc(-c2cccc3c2sc2ccccc23)cc1. The molecule has 0 unspecified atom stereocenters. The monoisotopic (exact) mass is 896 g/mol. The third-order valence-electron chi connectivity index (χ3n) is 14.4.